The van der Waals surface area contributed by atoms with Crippen molar-refractivity contribution >= 4 is 39.0 Å². The first-order chi connectivity index (χ1) is 14.5. The van der Waals surface area contributed by atoms with Crippen molar-refractivity contribution in [2.45, 2.75) is 62.9 Å². The Labute approximate surface area is 181 Å². The number of hydrogen-bond donors (Lipinski definition) is 1. The van der Waals surface area contributed by atoms with Gasteiger partial charge in [-0.05, 0) is 48.0 Å². The molecule has 162 valence electrons. The van der Waals surface area contributed by atoms with Crippen molar-refractivity contribution in [3.8, 4) is 0 Å². The molecule has 11 heteroatoms. The fraction of sp³-hybridized carbons (Fsp3) is 0.684. The van der Waals surface area contributed by atoms with Crippen LogP contribution in [0.15, 0.2) is 9.40 Å². The van der Waals surface area contributed by atoms with Crippen molar-refractivity contribution in [2.24, 2.45) is 7.05 Å². The Bertz CT molecular complexity index is 1050. The first-order valence-electron chi connectivity index (χ1n) is 10.4. The van der Waals surface area contributed by atoms with Crippen LogP contribution in [-0.2, 0) is 16.5 Å². The van der Waals surface area contributed by atoms with E-state index < -0.39 is 6.09 Å². The maximum Gasteiger partial charge on any atom is 0.407 e. The molecule has 3 saturated heterocycles. The maximum atomic E-state index is 13.2. The van der Waals surface area contributed by atoms with Gasteiger partial charge in [0.05, 0.1) is 6.04 Å². The lowest BCUT2D eigenvalue weighted by molar-refractivity contribution is -0.0371. The molecule has 4 atom stereocenters. The molecule has 0 aromatic carbocycles. The highest BCUT2D eigenvalue weighted by Gasteiger charge is 2.49. The summed E-state index contributed by atoms with van der Waals surface area (Å²) in [4.78, 5) is 32.1. The summed E-state index contributed by atoms with van der Waals surface area (Å²) in [5.41, 5.74) is 0.376. The third-order valence-corrected chi connectivity index (χ3v) is 7.02. The zero-order valence-electron chi connectivity index (χ0n) is 17.0. The standard InChI is InChI=1S/C19H25BrN6O4/c1-21-19(28)30-12-9-10-6-7-11(12)25(10)18-22-16-14(17(27)24(18)2)15(20)23-26(16)13-5-3-4-8-29-13/h10-13H,3-9H2,1-2H3,(H,21,28)/t10-,11+,12+,13?/m0/s1. The molecular weight excluding hydrogens is 456 g/mol. The molecule has 1 amide bonds. The minimum Gasteiger partial charge on any atom is -0.444 e. The highest BCUT2D eigenvalue weighted by molar-refractivity contribution is 9.10. The van der Waals surface area contributed by atoms with Crippen LogP contribution in [0.25, 0.3) is 11.0 Å². The van der Waals surface area contributed by atoms with E-state index in [0.29, 0.717) is 28.2 Å². The molecule has 5 rings (SSSR count). The van der Waals surface area contributed by atoms with Gasteiger partial charge in [0.15, 0.2) is 11.9 Å². The summed E-state index contributed by atoms with van der Waals surface area (Å²) in [6.07, 6.45) is 4.68. The number of carbonyl (C=O) groups excluding carboxylic acids is 1. The van der Waals surface area contributed by atoms with E-state index in [-0.39, 0.29) is 30.0 Å². The van der Waals surface area contributed by atoms with Crippen LogP contribution in [-0.4, -0.2) is 57.3 Å². The first-order valence-corrected chi connectivity index (χ1v) is 11.2. The maximum absolute atomic E-state index is 13.2. The number of fused-ring (bicyclic) bond motifs is 3. The van der Waals surface area contributed by atoms with Gasteiger partial charge in [0.25, 0.3) is 5.56 Å². The number of aromatic nitrogens is 4. The Morgan fingerprint density at radius 2 is 2.13 bits per heavy atom. The summed E-state index contributed by atoms with van der Waals surface area (Å²) < 4.78 is 15.3. The Hall–Kier alpha value is -2.14. The summed E-state index contributed by atoms with van der Waals surface area (Å²) in [5.74, 6) is 0.590. The van der Waals surface area contributed by atoms with Crippen molar-refractivity contribution in [3.63, 3.8) is 0 Å². The SMILES string of the molecule is CNC(=O)O[C@@H]1C[C@@H]2CC[C@H]1N2c1nc2c(c(Br)nn2C2CCCCO2)c(=O)n1C. The van der Waals surface area contributed by atoms with E-state index in [1.165, 1.54) is 0 Å². The summed E-state index contributed by atoms with van der Waals surface area (Å²) in [5, 5.41) is 7.51. The third-order valence-electron chi connectivity index (χ3n) is 6.47. The van der Waals surface area contributed by atoms with Crippen LogP contribution >= 0.6 is 15.9 Å². The normalized spacial score (nSPS) is 28.3. The highest BCUT2D eigenvalue weighted by atomic mass is 79.9. The number of ether oxygens (including phenoxy) is 2. The molecule has 1 unspecified atom stereocenters. The summed E-state index contributed by atoms with van der Waals surface area (Å²) >= 11 is 3.44. The molecule has 3 aliphatic rings. The monoisotopic (exact) mass is 480 g/mol. The number of alkyl carbamates (subject to hydrolysis) is 1. The van der Waals surface area contributed by atoms with Crippen molar-refractivity contribution in [2.75, 3.05) is 18.6 Å². The largest absolute Gasteiger partial charge is 0.444 e. The number of nitrogens with zero attached hydrogens (tertiary/aromatic N) is 5. The zero-order chi connectivity index (χ0) is 21.0. The van der Waals surface area contributed by atoms with E-state index >= 15 is 0 Å². The van der Waals surface area contributed by atoms with Gasteiger partial charge in [0.1, 0.15) is 16.1 Å². The lowest BCUT2D eigenvalue weighted by Crippen LogP contribution is -2.39. The quantitative estimate of drug-likeness (QED) is 0.716. The molecule has 5 heterocycles. The number of carbonyl (C=O) groups is 1. The van der Waals surface area contributed by atoms with Crippen LogP contribution in [0, 0.1) is 0 Å². The van der Waals surface area contributed by atoms with Crippen LogP contribution in [0.4, 0.5) is 10.7 Å². The second kappa shape index (κ2) is 7.52. The topological polar surface area (TPSA) is 104 Å². The molecule has 2 bridgehead atoms. The second-order valence-corrected chi connectivity index (χ2v) is 8.92. The molecule has 1 N–H and O–H groups in total. The molecule has 30 heavy (non-hydrogen) atoms. The molecular formula is C19H25BrN6O4. The Morgan fingerprint density at radius 3 is 2.87 bits per heavy atom. The zero-order valence-corrected chi connectivity index (χ0v) is 18.6. The van der Waals surface area contributed by atoms with Gasteiger partial charge in [-0.15, -0.1) is 0 Å². The van der Waals surface area contributed by atoms with E-state index in [2.05, 4.69) is 31.2 Å². The van der Waals surface area contributed by atoms with Gasteiger partial charge in [-0.1, -0.05) is 0 Å². The number of amides is 1. The number of anilines is 1. The molecule has 2 aromatic rings. The minimum atomic E-state index is -0.429. The third kappa shape index (κ3) is 3.01. The molecule has 2 aromatic heterocycles. The van der Waals surface area contributed by atoms with Gasteiger partial charge in [0, 0.05) is 33.2 Å². The lowest BCUT2D eigenvalue weighted by atomic mass is 9.98. The van der Waals surface area contributed by atoms with Gasteiger partial charge in [-0.25, -0.2) is 9.48 Å². The summed E-state index contributed by atoms with van der Waals surface area (Å²) in [6.45, 7) is 0.677. The molecule has 3 aliphatic heterocycles. The van der Waals surface area contributed by atoms with Gasteiger partial charge >= 0.3 is 6.09 Å². The molecule has 0 saturated carbocycles. The molecule has 0 aliphatic carbocycles. The fourth-order valence-corrected chi connectivity index (χ4v) is 5.55. The van der Waals surface area contributed by atoms with Crippen LogP contribution in [0.1, 0.15) is 44.8 Å². The minimum absolute atomic E-state index is 0.00796. The van der Waals surface area contributed by atoms with Gasteiger partial charge in [-0.2, -0.15) is 10.1 Å². The highest BCUT2D eigenvalue weighted by Crippen LogP contribution is 2.42. The average molecular weight is 481 g/mol. The van der Waals surface area contributed by atoms with Crippen molar-refractivity contribution < 1.29 is 14.3 Å². The Balaban J connectivity index is 1.57. The van der Waals surface area contributed by atoms with E-state index in [0.717, 1.165) is 38.5 Å². The van der Waals surface area contributed by atoms with Crippen LogP contribution < -0.4 is 15.8 Å². The number of nitrogens with one attached hydrogen (secondary N) is 1. The van der Waals surface area contributed by atoms with Crippen LogP contribution in [0.3, 0.4) is 0 Å². The molecule has 0 radical (unpaired) electrons. The van der Waals surface area contributed by atoms with Crippen LogP contribution in [0.5, 0.6) is 0 Å². The molecule has 3 fully saturated rings. The van der Waals surface area contributed by atoms with E-state index in [1.54, 1.807) is 23.3 Å². The Morgan fingerprint density at radius 1 is 1.30 bits per heavy atom. The van der Waals surface area contributed by atoms with Crippen molar-refractivity contribution in [1.29, 1.82) is 0 Å². The molecule has 10 nitrogen and oxygen atoms in total. The first kappa shape index (κ1) is 19.8. The smallest absolute Gasteiger partial charge is 0.407 e. The predicted octanol–water partition coefficient (Wildman–Crippen LogP) is 2.06. The second-order valence-electron chi connectivity index (χ2n) is 8.17. The van der Waals surface area contributed by atoms with E-state index in [9.17, 15) is 9.59 Å². The van der Waals surface area contributed by atoms with Crippen molar-refractivity contribution in [1.82, 2.24) is 24.6 Å². The Kier molecular flexibility index (Phi) is 4.97. The van der Waals surface area contributed by atoms with E-state index in [1.807, 2.05) is 0 Å². The van der Waals surface area contributed by atoms with Gasteiger partial charge in [-0.3, -0.25) is 9.36 Å². The molecule has 0 spiro atoms. The van der Waals surface area contributed by atoms with E-state index in [4.69, 9.17) is 14.5 Å². The fourth-order valence-electron chi connectivity index (χ4n) is 5.03. The number of rotatable bonds is 3. The average Bonchev–Trinajstić information content (AvgIpc) is 3.41. The van der Waals surface area contributed by atoms with Gasteiger partial charge < -0.3 is 19.7 Å². The number of hydrogen-bond acceptors (Lipinski definition) is 7. The summed E-state index contributed by atoms with van der Waals surface area (Å²) in [7, 11) is 3.29. The summed E-state index contributed by atoms with van der Waals surface area (Å²) in [6, 6.07) is 0.194. The number of halogens is 1. The van der Waals surface area contributed by atoms with Crippen LogP contribution in [0.2, 0.25) is 0 Å². The van der Waals surface area contributed by atoms with Gasteiger partial charge in [0.2, 0.25) is 5.95 Å². The predicted molar refractivity (Wildman–Crippen MR) is 113 cm³/mol. The lowest BCUT2D eigenvalue weighted by Gasteiger charge is -2.27. The van der Waals surface area contributed by atoms with Crippen molar-refractivity contribution in [3.05, 3.63) is 15.0 Å².